The van der Waals surface area contributed by atoms with E-state index in [2.05, 4.69) is 24.8 Å². The number of rotatable bonds is 9. The van der Waals surface area contributed by atoms with E-state index in [4.69, 9.17) is 0 Å². The van der Waals surface area contributed by atoms with Gasteiger partial charge in [0.05, 0.1) is 11.5 Å². The van der Waals surface area contributed by atoms with E-state index < -0.39 is 0 Å². The van der Waals surface area contributed by atoms with Crippen LogP contribution in [0.25, 0.3) is 0 Å². The molecule has 0 spiro atoms. The third kappa shape index (κ3) is 5.76. The van der Waals surface area contributed by atoms with Crippen LogP contribution in [0.15, 0.2) is 0 Å². The lowest BCUT2D eigenvalue weighted by molar-refractivity contribution is 0.0755. The van der Waals surface area contributed by atoms with Crippen LogP contribution in [0.1, 0.15) is 104 Å². The van der Waals surface area contributed by atoms with Gasteiger partial charge in [-0.05, 0) is 64.0 Å². The van der Waals surface area contributed by atoms with Crippen molar-refractivity contribution in [3.8, 4) is 6.07 Å². The zero-order valence-corrected chi connectivity index (χ0v) is 16.4. The average Bonchev–Trinajstić information content (AvgIpc) is 2.64. The van der Waals surface area contributed by atoms with E-state index in [-0.39, 0.29) is 5.41 Å². The van der Waals surface area contributed by atoms with Crippen molar-refractivity contribution in [1.29, 1.82) is 5.26 Å². The second-order valence-electron chi connectivity index (χ2n) is 8.56. The van der Waals surface area contributed by atoms with Gasteiger partial charge in [0.25, 0.3) is 0 Å². The molecule has 2 aliphatic rings. The van der Waals surface area contributed by atoms with Crippen LogP contribution in [0, 0.1) is 22.7 Å². The van der Waals surface area contributed by atoms with Gasteiger partial charge in [-0.2, -0.15) is 5.26 Å². The molecular weight excluding hydrogens is 292 g/mol. The van der Waals surface area contributed by atoms with Gasteiger partial charge in [-0.25, -0.2) is 0 Å². The summed E-state index contributed by atoms with van der Waals surface area (Å²) in [5, 5.41) is 9.75. The molecular formula is C22H40N2. The highest BCUT2D eigenvalue weighted by Gasteiger charge is 2.37. The van der Waals surface area contributed by atoms with Gasteiger partial charge in [0.1, 0.15) is 0 Å². The van der Waals surface area contributed by atoms with Crippen LogP contribution in [0.3, 0.4) is 0 Å². The second kappa shape index (κ2) is 10.4. The van der Waals surface area contributed by atoms with E-state index in [0.717, 1.165) is 31.2 Å². The summed E-state index contributed by atoms with van der Waals surface area (Å²) >= 11 is 0. The van der Waals surface area contributed by atoms with Crippen LogP contribution < -0.4 is 0 Å². The maximum atomic E-state index is 9.75. The molecule has 0 bridgehead atoms. The highest BCUT2D eigenvalue weighted by Crippen LogP contribution is 2.42. The van der Waals surface area contributed by atoms with E-state index in [1.54, 1.807) is 0 Å². The van der Waals surface area contributed by atoms with Crippen molar-refractivity contribution in [2.24, 2.45) is 11.3 Å². The minimum Gasteiger partial charge on any atom is -0.300 e. The molecule has 0 unspecified atom stereocenters. The number of nitriles is 1. The summed E-state index contributed by atoms with van der Waals surface area (Å²) in [4.78, 5) is 2.76. The molecule has 1 aliphatic carbocycles. The number of hydrogen-bond donors (Lipinski definition) is 0. The van der Waals surface area contributed by atoms with Crippen molar-refractivity contribution in [3.05, 3.63) is 0 Å². The molecule has 2 rings (SSSR count). The minimum atomic E-state index is 0.0175. The van der Waals surface area contributed by atoms with Gasteiger partial charge in [0, 0.05) is 6.04 Å². The van der Waals surface area contributed by atoms with E-state index in [1.807, 2.05) is 0 Å². The minimum absolute atomic E-state index is 0.0175. The molecule has 0 amide bonds. The standard InChI is InChI=1S/C22H40N2/c1-3-5-7-8-14-22(19-23)15-10-21(11-16-22)24-17-12-20(13-18-24)9-6-4-2/h20-21H,3-18H2,1-2H3/t21-,22-. The molecule has 0 aromatic heterocycles. The second-order valence-corrected chi connectivity index (χ2v) is 8.56. The van der Waals surface area contributed by atoms with Crippen molar-refractivity contribution in [3.63, 3.8) is 0 Å². The van der Waals surface area contributed by atoms with E-state index in [1.165, 1.54) is 83.7 Å². The lowest BCUT2D eigenvalue weighted by Gasteiger charge is -2.43. The van der Waals surface area contributed by atoms with E-state index in [9.17, 15) is 5.26 Å². The van der Waals surface area contributed by atoms with Crippen molar-refractivity contribution in [2.75, 3.05) is 13.1 Å². The molecule has 0 atom stereocenters. The number of likely N-dealkylation sites (tertiary alicyclic amines) is 1. The fourth-order valence-corrected chi connectivity index (χ4v) is 4.93. The number of hydrogen-bond acceptors (Lipinski definition) is 2. The summed E-state index contributed by atoms with van der Waals surface area (Å²) in [6, 6.07) is 3.50. The lowest BCUT2D eigenvalue weighted by Crippen LogP contribution is -2.44. The zero-order valence-electron chi connectivity index (χ0n) is 16.4. The molecule has 24 heavy (non-hydrogen) atoms. The first kappa shape index (κ1) is 19.8. The Kier molecular flexibility index (Phi) is 8.60. The van der Waals surface area contributed by atoms with Gasteiger partial charge in [0.15, 0.2) is 0 Å². The van der Waals surface area contributed by atoms with Crippen molar-refractivity contribution in [1.82, 2.24) is 4.90 Å². The first-order chi connectivity index (χ1) is 11.7. The molecule has 1 saturated heterocycles. The fraction of sp³-hybridized carbons (Fsp3) is 0.955. The lowest BCUT2D eigenvalue weighted by atomic mass is 9.70. The topological polar surface area (TPSA) is 27.0 Å². The number of piperidine rings is 1. The molecule has 0 aromatic carbocycles. The SMILES string of the molecule is CCCCCC[C@]1(C#N)CC[C@H](N2CCC(CCCC)CC2)CC1. The molecule has 2 fully saturated rings. The molecule has 1 aliphatic heterocycles. The maximum absolute atomic E-state index is 9.75. The monoisotopic (exact) mass is 332 g/mol. The van der Waals surface area contributed by atoms with Crippen molar-refractivity contribution in [2.45, 2.75) is 110 Å². The van der Waals surface area contributed by atoms with Crippen LogP contribution in [0.5, 0.6) is 0 Å². The van der Waals surface area contributed by atoms with Gasteiger partial charge < -0.3 is 4.90 Å². The largest absolute Gasteiger partial charge is 0.300 e. The van der Waals surface area contributed by atoms with Crippen LogP contribution in [0.2, 0.25) is 0 Å². The van der Waals surface area contributed by atoms with Gasteiger partial charge >= 0.3 is 0 Å². The predicted octanol–water partition coefficient (Wildman–Crippen LogP) is 6.31. The van der Waals surface area contributed by atoms with Crippen molar-refractivity contribution >= 4 is 0 Å². The smallest absolute Gasteiger partial charge is 0.0689 e. The van der Waals surface area contributed by atoms with E-state index in [0.29, 0.717) is 0 Å². The Hall–Kier alpha value is -0.550. The van der Waals surface area contributed by atoms with Crippen LogP contribution in [0.4, 0.5) is 0 Å². The zero-order chi connectivity index (χ0) is 17.3. The summed E-state index contributed by atoms with van der Waals surface area (Å²) in [7, 11) is 0. The molecule has 2 heteroatoms. The molecule has 0 N–H and O–H groups in total. The Bertz CT molecular complexity index is 368. The first-order valence-corrected chi connectivity index (χ1v) is 10.9. The summed E-state index contributed by atoms with van der Waals surface area (Å²) in [5.74, 6) is 0.988. The summed E-state index contributed by atoms with van der Waals surface area (Å²) in [6.07, 6.45) is 18.2. The van der Waals surface area contributed by atoms with Crippen LogP contribution in [-0.2, 0) is 0 Å². The Labute approximate surface area is 151 Å². The Balaban J connectivity index is 1.71. The quantitative estimate of drug-likeness (QED) is 0.462. The average molecular weight is 333 g/mol. The van der Waals surface area contributed by atoms with Gasteiger partial charge in [0.2, 0.25) is 0 Å². The molecule has 1 heterocycles. The van der Waals surface area contributed by atoms with Gasteiger partial charge in [-0.1, -0.05) is 58.8 Å². The Morgan fingerprint density at radius 2 is 1.58 bits per heavy atom. The summed E-state index contributed by atoms with van der Waals surface area (Å²) in [6.45, 7) is 7.20. The molecule has 0 aromatic rings. The number of unbranched alkanes of at least 4 members (excludes halogenated alkanes) is 4. The van der Waals surface area contributed by atoms with E-state index >= 15 is 0 Å². The molecule has 1 saturated carbocycles. The van der Waals surface area contributed by atoms with Crippen LogP contribution >= 0.6 is 0 Å². The van der Waals surface area contributed by atoms with Crippen LogP contribution in [-0.4, -0.2) is 24.0 Å². The Morgan fingerprint density at radius 3 is 2.17 bits per heavy atom. The van der Waals surface area contributed by atoms with Crippen molar-refractivity contribution < 1.29 is 0 Å². The maximum Gasteiger partial charge on any atom is 0.0689 e. The molecule has 138 valence electrons. The molecule has 0 radical (unpaired) electrons. The summed E-state index contributed by atoms with van der Waals surface area (Å²) < 4.78 is 0. The molecule has 2 nitrogen and oxygen atoms in total. The highest BCUT2D eigenvalue weighted by atomic mass is 15.2. The summed E-state index contributed by atoms with van der Waals surface area (Å²) in [5.41, 5.74) is 0.0175. The van der Waals surface area contributed by atoms with Gasteiger partial charge in [-0.15, -0.1) is 0 Å². The third-order valence-corrected chi connectivity index (χ3v) is 6.79. The first-order valence-electron chi connectivity index (χ1n) is 10.9. The highest BCUT2D eigenvalue weighted by molar-refractivity contribution is 5.03. The Morgan fingerprint density at radius 1 is 0.917 bits per heavy atom. The normalized spacial score (nSPS) is 29.5. The number of nitrogens with zero attached hydrogens (tertiary/aromatic N) is 2. The van der Waals surface area contributed by atoms with Gasteiger partial charge in [-0.3, -0.25) is 0 Å². The predicted molar refractivity (Wildman–Crippen MR) is 103 cm³/mol. The fourth-order valence-electron chi connectivity index (χ4n) is 4.93. The third-order valence-electron chi connectivity index (χ3n) is 6.79.